The first-order valence-electron chi connectivity index (χ1n) is 10.7. The van der Waals surface area contributed by atoms with Gasteiger partial charge < -0.3 is 9.14 Å². The van der Waals surface area contributed by atoms with E-state index in [1.54, 1.807) is 0 Å². The van der Waals surface area contributed by atoms with E-state index in [2.05, 4.69) is 72.4 Å². The van der Waals surface area contributed by atoms with Gasteiger partial charge in [-0.2, -0.15) is 0 Å². The van der Waals surface area contributed by atoms with Crippen LogP contribution in [0.5, 0.6) is 5.75 Å². The highest BCUT2D eigenvalue weighted by Gasteiger charge is 2.17. The van der Waals surface area contributed by atoms with Gasteiger partial charge in [-0.3, -0.25) is 5.32 Å². The van der Waals surface area contributed by atoms with Crippen LogP contribution in [0.4, 0.5) is 0 Å². The highest BCUT2D eigenvalue weighted by molar-refractivity contribution is 5.63. The molecule has 1 fully saturated rings. The number of hydrogen-bond donors (Lipinski definition) is 1. The average Bonchev–Trinajstić information content (AvgIpc) is 2.95. The number of benzene rings is 1. The van der Waals surface area contributed by atoms with Crippen molar-refractivity contribution in [2.45, 2.75) is 71.1 Å². The summed E-state index contributed by atoms with van der Waals surface area (Å²) < 4.78 is 8.30. The zero-order chi connectivity index (χ0) is 19.3. The Labute approximate surface area is 167 Å². The van der Waals surface area contributed by atoms with Crippen molar-refractivity contribution in [3.63, 3.8) is 0 Å². The first-order chi connectivity index (χ1) is 13.7. The number of aromatic nitrogens is 2. The summed E-state index contributed by atoms with van der Waals surface area (Å²) in [5.74, 6) is 0.913. The van der Waals surface area contributed by atoms with E-state index in [0.717, 1.165) is 29.1 Å². The number of nitrogens with zero attached hydrogens (tertiary/aromatic N) is 2. The molecule has 0 saturated heterocycles. The lowest BCUT2D eigenvalue weighted by molar-refractivity contribution is 0.139. The number of aryl methyl sites for hydroxylation is 1. The lowest BCUT2D eigenvalue weighted by Crippen LogP contribution is -2.41. The van der Waals surface area contributed by atoms with Gasteiger partial charge in [-0.1, -0.05) is 32.6 Å². The Balaban J connectivity index is 1.42. The number of nitrogens with one attached hydrogen (secondary N) is 1. The fourth-order valence-corrected chi connectivity index (χ4v) is 4.04. The number of ether oxygens (including phenoxy) is 1. The minimum Gasteiger partial charge on any atom is -0.475 e. The number of pyridine rings is 1. The van der Waals surface area contributed by atoms with Gasteiger partial charge in [-0.25, -0.2) is 4.98 Å². The summed E-state index contributed by atoms with van der Waals surface area (Å²) >= 11 is 0. The van der Waals surface area contributed by atoms with Crippen LogP contribution in [0.25, 0.3) is 16.9 Å². The third-order valence-corrected chi connectivity index (χ3v) is 5.69. The van der Waals surface area contributed by atoms with Crippen LogP contribution in [-0.4, -0.2) is 21.7 Å². The topological polar surface area (TPSA) is 38.6 Å². The van der Waals surface area contributed by atoms with Gasteiger partial charge >= 0.3 is 0 Å². The Hall–Kier alpha value is -2.33. The van der Waals surface area contributed by atoms with E-state index in [1.807, 2.05) is 0 Å². The first kappa shape index (κ1) is 19.0. The molecule has 0 radical (unpaired) electrons. The summed E-state index contributed by atoms with van der Waals surface area (Å²) in [6, 6.07) is 13.1. The molecule has 3 aromatic rings. The Morgan fingerprint density at radius 1 is 1.11 bits per heavy atom. The van der Waals surface area contributed by atoms with Gasteiger partial charge in [-0.15, -0.1) is 0 Å². The molecule has 1 aliphatic rings. The predicted octanol–water partition coefficient (Wildman–Crippen LogP) is 5.74. The molecule has 4 nitrogen and oxygen atoms in total. The van der Waals surface area contributed by atoms with Gasteiger partial charge in [0.25, 0.3) is 0 Å². The fourth-order valence-electron chi connectivity index (χ4n) is 4.04. The van der Waals surface area contributed by atoms with Crippen molar-refractivity contribution in [2.75, 3.05) is 0 Å². The molecule has 2 aromatic heterocycles. The Morgan fingerprint density at radius 2 is 1.86 bits per heavy atom. The third-order valence-electron chi connectivity index (χ3n) is 5.69. The van der Waals surface area contributed by atoms with E-state index in [0.29, 0.717) is 6.04 Å². The zero-order valence-electron chi connectivity index (χ0n) is 17.0. The molecule has 1 atom stereocenters. The summed E-state index contributed by atoms with van der Waals surface area (Å²) in [7, 11) is 0. The predicted molar refractivity (Wildman–Crippen MR) is 115 cm³/mol. The standard InChI is InChI=1S/C24H31N3O/c1-3-24(25-20-8-6-4-5-7-9-20)28-21-12-10-19(11-13-21)22-17-27-15-14-18(2)16-23(27)26-22/h10-17,20,24-25H,3-9H2,1-2H3. The smallest absolute Gasteiger partial charge is 0.150 e. The Bertz CT molecular complexity index is 892. The largest absolute Gasteiger partial charge is 0.475 e. The second kappa shape index (κ2) is 8.78. The molecule has 1 aromatic carbocycles. The van der Waals surface area contributed by atoms with Gasteiger partial charge in [0, 0.05) is 24.0 Å². The fraction of sp³-hybridized carbons (Fsp3) is 0.458. The van der Waals surface area contributed by atoms with Crippen molar-refractivity contribution in [2.24, 2.45) is 0 Å². The zero-order valence-corrected chi connectivity index (χ0v) is 17.0. The van der Waals surface area contributed by atoms with Crippen LogP contribution in [0, 0.1) is 6.92 Å². The van der Waals surface area contributed by atoms with Crippen LogP contribution >= 0.6 is 0 Å². The SMILES string of the molecule is CCC(NC1CCCCCC1)Oc1ccc(-c2cn3ccc(C)cc3n2)cc1. The van der Waals surface area contributed by atoms with Gasteiger partial charge in [0.15, 0.2) is 0 Å². The van der Waals surface area contributed by atoms with Crippen LogP contribution in [0.15, 0.2) is 48.8 Å². The molecule has 0 amide bonds. The lowest BCUT2D eigenvalue weighted by Gasteiger charge is -2.25. The molecule has 0 spiro atoms. The Morgan fingerprint density at radius 3 is 2.57 bits per heavy atom. The number of rotatable bonds is 6. The molecule has 28 heavy (non-hydrogen) atoms. The van der Waals surface area contributed by atoms with E-state index in [-0.39, 0.29) is 6.23 Å². The maximum atomic E-state index is 6.24. The monoisotopic (exact) mass is 377 g/mol. The molecule has 1 aliphatic carbocycles. The molecule has 1 saturated carbocycles. The van der Waals surface area contributed by atoms with Crippen LogP contribution < -0.4 is 10.1 Å². The quantitative estimate of drug-likeness (QED) is 0.440. The van der Waals surface area contributed by atoms with Crippen molar-refractivity contribution < 1.29 is 4.74 Å². The van der Waals surface area contributed by atoms with Gasteiger partial charge in [0.2, 0.25) is 0 Å². The normalized spacial score (nSPS) is 16.8. The summed E-state index contributed by atoms with van der Waals surface area (Å²) in [5.41, 5.74) is 4.30. The van der Waals surface area contributed by atoms with Crippen molar-refractivity contribution in [3.8, 4) is 17.0 Å². The van der Waals surface area contributed by atoms with E-state index >= 15 is 0 Å². The molecular weight excluding hydrogens is 346 g/mol. The molecule has 1 N–H and O–H groups in total. The minimum atomic E-state index is 0.0760. The van der Waals surface area contributed by atoms with Crippen molar-refractivity contribution in [3.05, 3.63) is 54.4 Å². The molecule has 4 heteroatoms. The van der Waals surface area contributed by atoms with Crippen molar-refractivity contribution in [1.29, 1.82) is 0 Å². The third kappa shape index (κ3) is 4.56. The molecule has 148 valence electrons. The Kier molecular flexibility index (Phi) is 5.96. The van der Waals surface area contributed by atoms with Crippen LogP contribution in [-0.2, 0) is 0 Å². The average molecular weight is 378 g/mol. The molecule has 1 unspecified atom stereocenters. The second-order valence-electron chi connectivity index (χ2n) is 7.99. The first-order valence-corrected chi connectivity index (χ1v) is 10.7. The maximum Gasteiger partial charge on any atom is 0.150 e. The highest BCUT2D eigenvalue weighted by atomic mass is 16.5. The second-order valence-corrected chi connectivity index (χ2v) is 7.99. The van der Waals surface area contributed by atoms with E-state index in [9.17, 15) is 0 Å². The lowest BCUT2D eigenvalue weighted by atomic mass is 10.1. The molecule has 4 rings (SSSR count). The summed E-state index contributed by atoms with van der Waals surface area (Å²) in [5, 5.41) is 3.73. The molecule has 2 heterocycles. The van der Waals surface area contributed by atoms with E-state index in [4.69, 9.17) is 9.72 Å². The van der Waals surface area contributed by atoms with Crippen molar-refractivity contribution in [1.82, 2.24) is 14.7 Å². The summed E-state index contributed by atoms with van der Waals surface area (Å²) in [4.78, 5) is 4.75. The maximum absolute atomic E-state index is 6.24. The molecular formula is C24H31N3O. The molecule has 0 bridgehead atoms. The van der Waals surface area contributed by atoms with Gasteiger partial charge in [0.1, 0.15) is 17.6 Å². The van der Waals surface area contributed by atoms with Crippen LogP contribution in [0.2, 0.25) is 0 Å². The minimum absolute atomic E-state index is 0.0760. The van der Waals surface area contributed by atoms with Crippen LogP contribution in [0.1, 0.15) is 57.4 Å². The molecule has 0 aliphatic heterocycles. The summed E-state index contributed by atoms with van der Waals surface area (Å²) in [6.07, 6.45) is 13.1. The van der Waals surface area contributed by atoms with E-state index < -0.39 is 0 Å². The van der Waals surface area contributed by atoms with E-state index in [1.165, 1.54) is 44.1 Å². The number of imidazole rings is 1. The van der Waals surface area contributed by atoms with Gasteiger partial charge in [-0.05, 0) is 68.1 Å². The summed E-state index contributed by atoms with van der Waals surface area (Å²) in [6.45, 7) is 4.27. The van der Waals surface area contributed by atoms with Gasteiger partial charge in [0.05, 0.1) is 5.69 Å². The number of hydrogen-bond acceptors (Lipinski definition) is 3. The van der Waals surface area contributed by atoms with Crippen molar-refractivity contribution >= 4 is 5.65 Å². The number of fused-ring (bicyclic) bond motifs is 1. The van der Waals surface area contributed by atoms with Crippen LogP contribution in [0.3, 0.4) is 0 Å². The highest BCUT2D eigenvalue weighted by Crippen LogP contribution is 2.24.